The van der Waals surface area contributed by atoms with Crippen molar-refractivity contribution in [3.8, 4) is 23.6 Å². The minimum Gasteiger partial charge on any atom is -0.486 e. The van der Waals surface area contributed by atoms with E-state index in [2.05, 4.69) is 4.99 Å². The number of sulfonamides is 1. The lowest BCUT2D eigenvalue weighted by molar-refractivity contribution is -0.141. The van der Waals surface area contributed by atoms with E-state index in [1.165, 1.54) is 42.7 Å². The molecule has 1 amide bonds. The molecule has 0 bridgehead atoms. The van der Waals surface area contributed by atoms with Crippen molar-refractivity contribution in [2.24, 2.45) is 4.99 Å². The third-order valence-corrected chi connectivity index (χ3v) is 8.70. The van der Waals surface area contributed by atoms with Crippen molar-refractivity contribution in [2.75, 3.05) is 33.4 Å². The molecule has 0 N–H and O–H groups in total. The zero-order chi connectivity index (χ0) is 28.0. The fraction of sp³-hybridized carbons (Fsp3) is 0.320. The number of amides is 1. The van der Waals surface area contributed by atoms with Crippen molar-refractivity contribution in [2.45, 2.75) is 24.3 Å². The van der Waals surface area contributed by atoms with Gasteiger partial charge in [-0.3, -0.25) is 9.59 Å². The molecule has 0 radical (unpaired) electrons. The van der Waals surface area contributed by atoms with Gasteiger partial charge in [0.2, 0.25) is 10.0 Å². The number of fused-ring (bicyclic) bond motifs is 2. The fourth-order valence-corrected chi connectivity index (χ4v) is 6.29. The number of aromatic nitrogens is 1. The zero-order valence-electron chi connectivity index (χ0n) is 20.8. The maximum absolute atomic E-state index is 13.1. The molecule has 202 valence electrons. The summed E-state index contributed by atoms with van der Waals surface area (Å²) in [5.74, 6) is -0.121. The monoisotopic (exact) mass is 569 g/mol. The fourth-order valence-electron chi connectivity index (χ4n) is 3.81. The van der Waals surface area contributed by atoms with E-state index in [1.54, 1.807) is 16.7 Å². The van der Waals surface area contributed by atoms with Crippen molar-refractivity contribution in [1.29, 1.82) is 10.5 Å². The summed E-state index contributed by atoms with van der Waals surface area (Å²) < 4.78 is 45.5. The number of hydrogen-bond donors (Lipinski definition) is 0. The number of rotatable bonds is 9. The van der Waals surface area contributed by atoms with Crippen LogP contribution in [-0.4, -0.2) is 62.6 Å². The van der Waals surface area contributed by atoms with Gasteiger partial charge in [0, 0.05) is 43.6 Å². The van der Waals surface area contributed by atoms with Crippen LogP contribution in [0.25, 0.3) is 10.2 Å². The van der Waals surface area contributed by atoms with Gasteiger partial charge in [-0.2, -0.15) is 19.8 Å². The molecular formula is C25H23N5O7S2. The number of methoxy groups -OCH3 is 1. The summed E-state index contributed by atoms with van der Waals surface area (Å²) in [6.07, 6.45) is -0.0514. The summed E-state index contributed by atoms with van der Waals surface area (Å²) in [5.41, 5.74) is 0.736. The molecule has 0 saturated carbocycles. The van der Waals surface area contributed by atoms with E-state index in [1.807, 2.05) is 12.1 Å². The summed E-state index contributed by atoms with van der Waals surface area (Å²) in [6.45, 7) is 0.488. The van der Waals surface area contributed by atoms with E-state index >= 15 is 0 Å². The van der Waals surface area contributed by atoms with E-state index in [0.29, 0.717) is 34.9 Å². The van der Waals surface area contributed by atoms with Crippen LogP contribution in [0.15, 0.2) is 46.3 Å². The van der Waals surface area contributed by atoms with Crippen molar-refractivity contribution in [3.63, 3.8) is 0 Å². The molecule has 3 aromatic rings. The molecule has 4 rings (SSSR count). The van der Waals surface area contributed by atoms with Crippen LogP contribution < -0.4 is 14.3 Å². The number of carbonyl (C=O) groups is 2. The van der Waals surface area contributed by atoms with Gasteiger partial charge < -0.3 is 18.8 Å². The maximum atomic E-state index is 13.1. The predicted molar refractivity (Wildman–Crippen MR) is 138 cm³/mol. The second-order valence-corrected chi connectivity index (χ2v) is 11.1. The molecule has 0 atom stereocenters. The van der Waals surface area contributed by atoms with Crippen molar-refractivity contribution in [1.82, 2.24) is 8.87 Å². The first-order valence-electron chi connectivity index (χ1n) is 11.7. The lowest BCUT2D eigenvalue weighted by Gasteiger charge is -2.20. The number of nitrogens with zero attached hydrogens (tertiary/aromatic N) is 5. The van der Waals surface area contributed by atoms with Crippen LogP contribution in [0.3, 0.4) is 0 Å². The van der Waals surface area contributed by atoms with E-state index in [4.69, 9.17) is 24.7 Å². The Morgan fingerprint density at radius 3 is 2.28 bits per heavy atom. The maximum Gasteiger partial charge on any atom is 0.325 e. The lowest BCUT2D eigenvalue weighted by Crippen LogP contribution is -2.32. The Labute approximate surface area is 227 Å². The molecule has 1 aliphatic rings. The van der Waals surface area contributed by atoms with Crippen molar-refractivity contribution >= 4 is 43.5 Å². The number of ether oxygens (including phenoxy) is 3. The average Bonchev–Trinajstić information content (AvgIpc) is 3.26. The number of thiazole rings is 1. The van der Waals surface area contributed by atoms with E-state index in [9.17, 15) is 18.0 Å². The molecule has 0 saturated heterocycles. The first-order chi connectivity index (χ1) is 18.8. The molecule has 0 unspecified atom stereocenters. The van der Waals surface area contributed by atoms with Crippen LogP contribution in [-0.2, 0) is 26.1 Å². The summed E-state index contributed by atoms with van der Waals surface area (Å²) in [6, 6.07) is 12.5. The SMILES string of the molecule is COC(=O)Cn1c(=NC(=O)c2ccc(S(=O)(=O)N(CCC#N)CCC#N)cc2)sc2cc3c(cc21)OCCO3. The van der Waals surface area contributed by atoms with Gasteiger partial charge >= 0.3 is 5.97 Å². The Balaban J connectivity index is 1.68. The van der Waals surface area contributed by atoms with Gasteiger partial charge in [-0.15, -0.1) is 0 Å². The Kier molecular flexibility index (Phi) is 8.61. The zero-order valence-corrected chi connectivity index (χ0v) is 22.5. The highest BCUT2D eigenvalue weighted by molar-refractivity contribution is 7.89. The van der Waals surface area contributed by atoms with Crippen molar-refractivity contribution in [3.05, 3.63) is 46.8 Å². The van der Waals surface area contributed by atoms with Crippen LogP contribution in [0.2, 0.25) is 0 Å². The molecule has 1 aliphatic heterocycles. The summed E-state index contributed by atoms with van der Waals surface area (Å²) in [7, 11) is -2.72. The van der Waals surface area contributed by atoms with Gasteiger partial charge in [-0.1, -0.05) is 11.3 Å². The smallest absolute Gasteiger partial charge is 0.325 e. The Bertz CT molecular complexity index is 1640. The van der Waals surface area contributed by atoms with Gasteiger partial charge in [0.05, 0.1) is 34.4 Å². The predicted octanol–water partition coefficient (Wildman–Crippen LogP) is 2.21. The van der Waals surface area contributed by atoms with Gasteiger partial charge in [-0.05, 0) is 24.3 Å². The molecule has 12 nitrogen and oxygen atoms in total. The quantitative estimate of drug-likeness (QED) is 0.351. The third-order valence-electron chi connectivity index (χ3n) is 5.74. The normalized spacial score (nSPS) is 13.2. The summed E-state index contributed by atoms with van der Waals surface area (Å²) in [5, 5.41) is 17.7. The molecule has 0 spiro atoms. The van der Waals surface area contributed by atoms with Crippen molar-refractivity contribution < 1.29 is 32.2 Å². The molecule has 2 aromatic carbocycles. The minimum atomic E-state index is -3.98. The van der Waals surface area contributed by atoms with Gasteiger partial charge in [0.1, 0.15) is 19.8 Å². The van der Waals surface area contributed by atoms with Crippen LogP contribution in [0.4, 0.5) is 0 Å². The minimum absolute atomic E-state index is 0.0257. The van der Waals surface area contributed by atoms with Crippen LogP contribution in [0.1, 0.15) is 23.2 Å². The second-order valence-electron chi connectivity index (χ2n) is 8.17. The highest BCUT2D eigenvalue weighted by Crippen LogP contribution is 2.35. The number of nitriles is 2. The highest BCUT2D eigenvalue weighted by atomic mass is 32.2. The molecule has 14 heteroatoms. The second kappa shape index (κ2) is 12.1. The number of hydrogen-bond acceptors (Lipinski definition) is 10. The standard InChI is InChI=1S/C25H23N5O7S2/c1-35-23(31)16-30-19-14-20-21(37-13-12-36-20)15-22(19)38-25(30)28-24(32)17-4-6-18(7-5-17)39(33,34)29(10-2-8-26)11-3-9-27/h4-7,14-15H,2-3,10-13,16H2,1H3. The Hall–Kier alpha value is -4.24. The number of benzene rings is 2. The van der Waals surface area contributed by atoms with Crippen LogP contribution in [0, 0.1) is 22.7 Å². The topological polar surface area (TPSA) is 164 Å². The molecule has 1 aromatic heterocycles. The largest absolute Gasteiger partial charge is 0.486 e. The first-order valence-corrected chi connectivity index (χ1v) is 14.0. The van der Waals surface area contributed by atoms with Crippen LogP contribution in [0.5, 0.6) is 11.5 Å². The first kappa shape index (κ1) is 27.8. The number of esters is 1. The Morgan fingerprint density at radius 1 is 1.08 bits per heavy atom. The molecule has 39 heavy (non-hydrogen) atoms. The van der Waals surface area contributed by atoms with Crippen LogP contribution >= 0.6 is 11.3 Å². The lowest BCUT2D eigenvalue weighted by atomic mass is 10.2. The van der Waals surface area contributed by atoms with Gasteiger partial charge in [-0.25, -0.2) is 8.42 Å². The average molecular weight is 570 g/mol. The van der Waals surface area contributed by atoms with E-state index in [0.717, 1.165) is 4.31 Å². The Morgan fingerprint density at radius 2 is 1.69 bits per heavy atom. The summed E-state index contributed by atoms with van der Waals surface area (Å²) in [4.78, 5) is 29.5. The van der Waals surface area contributed by atoms with Gasteiger partial charge in [0.15, 0.2) is 16.3 Å². The highest BCUT2D eigenvalue weighted by Gasteiger charge is 2.24. The summed E-state index contributed by atoms with van der Waals surface area (Å²) >= 11 is 1.18. The molecule has 0 aliphatic carbocycles. The molecular weight excluding hydrogens is 546 g/mol. The number of carbonyl (C=O) groups excluding carboxylic acids is 2. The molecule has 0 fully saturated rings. The third kappa shape index (κ3) is 6.09. The molecule has 2 heterocycles. The van der Waals surface area contributed by atoms with Gasteiger partial charge in [0.25, 0.3) is 5.91 Å². The van der Waals surface area contributed by atoms with E-state index in [-0.39, 0.29) is 47.7 Å². The van der Waals surface area contributed by atoms with E-state index < -0.39 is 21.9 Å².